The Balaban J connectivity index is 2.13. The second-order valence-electron chi connectivity index (χ2n) is 4.92. The Morgan fingerprint density at radius 1 is 1.20 bits per heavy atom. The molecule has 0 radical (unpaired) electrons. The number of nitrogens with one attached hydrogen (secondary N) is 1. The normalized spacial score (nSPS) is 10.3. The van der Waals surface area contributed by atoms with Gasteiger partial charge >= 0.3 is 0 Å². The van der Waals surface area contributed by atoms with E-state index in [9.17, 15) is 9.90 Å². The molecule has 0 atom stereocenters. The highest BCUT2D eigenvalue weighted by Gasteiger charge is 2.09. The van der Waals surface area contributed by atoms with Gasteiger partial charge in [-0.15, -0.1) is 0 Å². The molecule has 2 aromatic rings. The van der Waals surface area contributed by atoms with Crippen molar-refractivity contribution in [2.45, 2.75) is 20.3 Å². The Bertz CT molecular complexity index is 628. The van der Waals surface area contributed by atoms with Gasteiger partial charge in [-0.05, 0) is 54.8 Å². The van der Waals surface area contributed by atoms with Crippen LogP contribution in [-0.4, -0.2) is 11.0 Å². The first-order valence-corrected chi connectivity index (χ1v) is 6.40. The highest BCUT2D eigenvalue weighted by Crippen LogP contribution is 2.23. The lowest BCUT2D eigenvalue weighted by Crippen LogP contribution is -2.16. The number of amides is 1. The third kappa shape index (κ3) is 3.29. The Hall–Kier alpha value is -2.49. The number of hydrogen-bond donors (Lipinski definition) is 3. The minimum Gasteiger partial charge on any atom is -0.508 e. The molecule has 1 amide bonds. The number of phenolic OH excluding ortho intramolecular Hbond substituents is 1. The van der Waals surface area contributed by atoms with Crippen molar-refractivity contribution in [1.29, 1.82) is 0 Å². The molecule has 2 rings (SSSR count). The van der Waals surface area contributed by atoms with E-state index in [-0.39, 0.29) is 18.1 Å². The summed E-state index contributed by atoms with van der Waals surface area (Å²) in [7, 11) is 0. The molecule has 20 heavy (non-hydrogen) atoms. The van der Waals surface area contributed by atoms with Crippen LogP contribution in [0.25, 0.3) is 0 Å². The maximum Gasteiger partial charge on any atom is 0.228 e. The van der Waals surface area contributed by atoms with Gasteiger partial charge < -0.3 is 16.2 Å². The number of carbonyl (C=O) groups is 1. The SMILES string of the molecule is Cc1cc(N)cc(C)c1NC(=O)Cc1cccc(O)c1. The number of rotatable bonds is 3. The van der Waals surface area contributed by atoms with Gasteiger partial charge in [-0.2, -0.15) is 0 Å². The third-order valence-electron chi connectivity index (χ3n) is 3.09. The minimum atomic E-state index is -0.119. The van der Waals surface area contributed by atoms with Crippen molar-refractivity contribution in [1.82, 2.24) is 0 Å². The van der Waals surface area contributed by atoms with Gasteiger partial charge in [-0.3, -0.25) is 4.79 Å². The Morgan fingerprint density at radius 2 is 1.85 bits per heavy atom. The molecule has 0 saturated carbocycles. The molecule has 0 aromatic heterocycles. The third-order valence-corrected chi connectivity index (χ3v) is 3.09. The number of carbonyl (C=O) groups excluding carboxylic acids is 1. The van der Waals surface area contributed by atoms with E-state index in [0.717, 1.165) is 22.4 Å². The van der Waals surface area contributed by atoms with Crippen LogP contribution in [0, 0.1) is 13.8 Å². The Morgan fingerprint density at radius 3 is 2.45 bits per heavy atom. The van der Waals surface area contributed by atoms with Gasteiger partial charge in [0.15, 0.2) is 0 Å². The molecule has 104 valence electrons. The van der Waals surface area contributed by atoms with Crippen molar-refractivity contribution >= 4 is 17.3 Å². The van der Waals surface area contributed by atoms with Crippen LogP contribution in [-0.2, 0) is 11.2 Å². The fraction of sp³-hybridized carbons (Fsp3) is 0.188. The number of nitrogen functional groups attached to an aromatic ring is 1. The molecule has 0 spiro atoms. The fourth-order valence-electron chi connectivity index (χ4n) is 2.23. The van der Waals surface area contributed by atoms with E-state index in [4.69, 9.17) is 5.73 Å². The summed E-state index contributed by atoms with van der Waals surface area (Å²) in [5.74, 6) is 0.0433. The minimum absolute atomic E-state index is 0.119. The number of nitrogens with two attached hydrogens (primary N) is 1. The van der Waals surface area contributed by atoms with Crippen LogP contribution >= 0.6 is 0 Å². The van der Waals surface area contributed by atoms with Crippen LogP contribution in [0.1, 0.15) is 16.7 Å². The molecule has 0 bridgehead atoms. The first-order valence-electron chi connectivity index (χ1n) is 6.40. The first-order chi connectivity index (χ1) is 9.45. The monoisotopic (exact) mass is 270 g/mol. The molecule has 4 nitrogen and oxygen atoms in total. The summed E-state index contributed by atoms with van der Waals surface area (Å²) in [6.45, 7) is 3.82. The zero-order valence-electron chi connectivity index (χ0n) is 11.6. The predicted octanol–water partition coefficient (Wildman–Crippen LogP) is 2.77. The van der Waals surface area contributed by atoms with Crippen LogP contribution in [0.3, 0.4) is 0 Å². The number of phenols is 1. The van der Waals surface area contributed by atoms with Crippen molar-refractivity contribution in [2.75, 3.05) is 11.1 Å². The van der Waals surface area contributed by atoms with E-state index in [1.807, 2.05) is 32.0 Å². The number of aromatic hydroxyl groups is 1. The molecule has 0 aliphatic carbocycles. The molecule has 0 unspecified atom stereocenters. The molecule has 0 fully saturated rings. The van der Waals surface area contributed by atoms with Crippen molar-refractivity contribution in [3.8, 4) is 5.75 Å². The number of anilines is 2. The molecular formula is C16H18N2O2. The summed E-state index contributed by atoms with van der Waals surface area (Å²) in [6, 6.07) is 10.4. The average molecular weight is 270 g/mol. The molecule has 0 saturated heterocycles. The largest absolute Gasteiger partial charge is 0.508 e. The summed E-state index contributed by atoms with van der Waals surface area (Å²) in [5, 5.41) is 12.3. The van der Waals surface area contributed by atoms with Crippen LogP contribution < -0.4 is 11.1 Å². The van der Waals surface area contributed by atoms with E-state index in [1.54, 1.807) is 18.2 Å². The smallest absolute Gasteiger partial charge is 0.228 e. The molecule has 0 aliphatic rings. The zero-order valence-corrected chi connectivity index (χ0v) is 11.6. The molecule has 4 N–H and O–H groups in total. The second-order valence-corrected chi connectivity index (χ2v) is 4.92. The summed E-state index contributed by atoms with van der Waals surface area (Å²) >= 11 is 0. The van der Waals surface area contributed by atoms with Crippen LogP contribution in [0.4, 0.5) is 11.4 Å². The Kier molecular flexibility index (Phi) is 3.94. The van der Waals surface area contributed by atoms with E-state index in [2.05, 4.69) is 5.32 Å². The first kappa shape index (κ1) is 13.9. The maximum atomic E-state index is 12.1. The van der Waals surface area contributed by atoms with Crippen molar-refractivity contribution in [3.63, 3.8) is 0 Å². The van der Waals surface area contributed by atoms with E-state index < -0.39 is 0 Å². The predicted molar refractivity (Wildman–Crippen MR) is 80.8 cm³/mol. The average Bonchev–Trinajstić information content (AvgIpc) is 2.33. The van der Waals surface area contributed by atoms with Gasteiger partial charge in [0.25, 0.3) is 0 Å². The van der Waals surface area contributed by atoms with Crippen LogP contribution in [0.15, 0.2) is 36.4 Å². The number of hydrogen-bond acceptors (Lipinski definition) is 3. The van der Waals surface area contributed by atoms with Gasteiger partial charge in [0.05, 0.1) is 6.42 Å². The molecule has 0 heterocycles. The molecular weight excluding hydrogens is 252 g/mol. The van der Waals surface area contributed by atoms with E-state index >= 15 is 0 Å². The van der Waals surface area contributed by atoms with Crippen LogP contribution in [0.2, 0.25) is 0 Å². The van der Waals surface area contributed by atoms with Crippen molar-refractivity contribution in [3.05, 3.63) is 53.1 Å². The van der Waals surface area contributed by atoms with E-state index in [1.165, 1.54) is 0 Å². The summed E-state index contributed by atoms with van der Waals surface area (Å²) < 4.78 is 0. The topological polar surface area (TPSA) is 75.3 Å². The van der Waals surface area contributed by atoms with Gasteiger partial charge in [0.2, 0.25) is 5.91 Å². The highest BCUT2D eigenvalue weighted by atomic mass is 16.3. The van der Waals surface area contributed by atoms with E-state index in [0.29, 0.717) is 5.69 Å². The van der Waals surface area contributed by atoms with Crippen molar-refractivity contribution in [2.24, 2.45) is 0 Å². The van der Waals surface area contributed by atoms with Gasteiger partial charge in [0.1, 0.15) is 5.75 Å². The molecule has 4 heteroatoms. The lowest BCUT2D eigenvalue weighted by Gasteiger charge is -2.12. The molecule has 2 aromatic carbocycles. The zero-order chi connectivity index (χ0) is 14.7. The van der Waals surface area contributed by atoms with Gasteiger partial charge in [-0.1, -0.05) is 12.1 Å². The summed E-state index contributed by atoms with van der Waals surface area (Å²) in [4.78, 5) is 12.1. The molecule has 0 aliphatic heterocycles. The summed E-state index contributed by atoms with van der Waals surface area (Å²) in [6.07, 6.45) is 0.220. The van der Waals surface area contributed by atoms with Gasteiger partial charge in [0, 0.05) is 11.4 Å². The highest BCUT2D eigenvalue weighted by molar-refractivity contribution is 5.94. The standard InChI is InChI=1S/C16H18N2O2/c1-10-6-13(17)7-11(2)16(10)18-15(20)9-12-4-3-5-14(19)8-12/h3-8,19H,9,17H2,1-2H3,(H,18,20). The number of aryl methyl sites for hydroxylation is 2. The second kappa shape index (κ2) is 5.65. The van der Waals surface area contributed by atoms with Gasteiger partial charge in [-0.25, -0.2) is 0 Å². The Labute approximate surface area is 118 Å². The maximum absolute atomic E-state index is 12.1. The fourth-order valence-corrected chi connectivity index (χ4v) is 2.23. The number of benzene rings is 2. The lowest BCUT2D eigenvalue weighted by molar-refractivity contribution is -0.115. The quantitative estimate of drug-likeness (QED) is 0.751. The van der Waals surface area contributed by atoms with Crippen molar-refractivity contribution < 1.29 is 9.90 Å². The van der Waals surface area contributed by atoms with Crippen LogP contribution in [0.5, 0.6) is 5.75 Å². The summed E-state index contributed by atoms with van der Waals surface area (Å²) in [5.41, 5.74) is 9.89. The lowest BCUT2D eigenvalue weighted by atomic mass is 10.1.